The van der Waals surface area contributed by atoms with Gasteiger partial charge in [0.1, 0.15) is 10.6 Å². The highest BCUT2D eigenvalue weighted by atomic mass is 32.2. The van der Waals surface area contributed by atoms with Crippen molar-refractivity contribution in [2.24, 2.45) is 0 Å². The maximum absolute atomic E-state index is 12.3. The van der Waals surface area contributed by atoms with Crippen molar-refractivity contribution in [3.05, 3.63) is 40.8 Å². The predicted molar refractivity (Wildman–Crippen MR) is 106 cm³/mol. The Hall–Kier alpha value is -2.72. The van der Waals surface area contributed by atoms with Gasteiger partial charge in [0.05, 0.1) is 6.42 Å². The molecule has 29 heavy (non-hydrogen) atoms. The number of esters is 1. The number of para-hydroxylation sites is 1. The molecule has 0 saturated carbocycles. The van der Waals surface area contributed by atoms with Gasteiger partial charge < -0.3 is 14.6 Å². The molecule has 1 atom stereocenters. The fourth-order valence-electron chi connectivity index (χ4n) is 2.76. The van der Waals surface area contributed by atoms with E-state index in [1.165, 1.54) is 20.8 Å². The van der Waals surface area contributed by atoms with Gasteiger partial charge >= 0.3 is 5.97 Å². The van der Waals surface area contributed by atoms with Crippen LogP contribution in [-0.2, 0) is 24.3 Å². The first-order valence-electron chi connectivity index (χ1n) is 9.02. The highest BCUT2D eigenvalue weighted by Crippen LogP contribution is 2.20. The number of hydrogen-bond acceptors (Lipinski definition) is 7. The van der Waals surface area contributed by atoms with Gasteiger partial charge in [-0.15, -0.1) is 0 Å². The van der Waals surface area contributed by atoms with Crippen molar-refractivity contribution in [2.75, 3.05) is 11.9 Å². The number of carbonyl (C=O) groups excluding carboxylic acids is 2. The Balaban J connectivity index is 1.86. The summed E-state index contributed by atoms with van der Waals surface area (Å²) in [6.45, 7) is 8.00. The summed E-state index contributed by atoms with van der Waals surface area (Å²) in [7, 11) is -3.86. The van der Waals surface area contributed by atoms with E-state index in [1.54, 1.807) is 0 Å². The van der Waals surface area contributed by atoms with Crippen LogP contribution in [0.4, 0.5) is 5.69 Å². The standard InChI is InChI=1S/C19H25N3O6S/c1-11-7-6-8-12(2)17(11)21-19(24)15(5)27-16(23)9-10-20-29(25,26)18-13(3)22-28-14(18)4/h6-8,15,20H,9-10H2,1-5H3,(H,21,24)/t15-/m0/s1. The van der Waals surface area contributed by atoms with Gasteiger partial charge in [0, 0.05) is 12.2 Å². The van der Waals surface area contributed by atoms with Crippen LogP contribution in [0.1, 0.15) is 35.9 Å². The van der Waals surface area contributed by atoms with E-state index >= 15 is 0 Å². The molecule has 0 radical (unpaired) electrons. The number of carbonyl (C=O) groups is 2. The van der Waals surface area contributed by atoms with Crippen LogP contribution < -0.4 is 10.0 Å². The molecule has 0 saturated heterocycles. The monoisotopic (exact) mass is 423 g/mol. The normalized spacial score (nSPS) is 12.4. The number of nitrogens with zero attached hydrogens (tertiary/aromatic N) is 1. The molecule has 0 aliphatic carbocycles. The van der Waals surface area contributed by atoms with E-state index in [0.29, 0.717) is 5.69 Å². The summed E-state index contributed by atoms with van der Waals surface area (Å²) < 4.78 is 36.8. The predicted octanol–water partition coefficient (Wildman–Crippen LogP) is 2.15. The number of anilines is 1. The van der Waals surface area contributed by atoms with E-state index in [-0.39, 0.29) is 29.3 Å². The first-order valence-corrected chi connectivity index (χ1v) is 10.5. The average Bonchev–Trinajstić information content (AvgIpc) is 2.97. The fourth-order valence-corrected chi connectivity index (χ4v) is 4.12. The number of amides is 1. The highest BCUT2D eigenvalue weighted by Gasteiger charge is 2.24. The first-order chi connectivity index (χ1) is 13.5. The van der Waals surface area contributed by atoms with Gasteiger partial charge in [0.2, 0.25) is 10.0 Å². The van der Waals surface area contributed by atoms with Crippen LogP contribution in [0.15, 0.2) is 27.6 Å². The smallest absolute Gasteiger partial charge is 0.307 e. The summed E-state index contributed by atoms with van der Waals surface area (Å²) in [6.07, 6.45) is -1.26. The molecule has 1 aromatic heterocycles. The minimum Gasteiger partial charge on any atom is -0.452 e. The van der Waals surface area contributed by atoms with E-state index in [1.807, 2.05) is 32.0 Å². The molecule has 158 valence electrons. The number of sulfonamides is 1. The van der Waals surface area contributed by atoms with Crippen molar-refractivity contribution in [1.82, 2.24) is 9.88 Å². The minimum absolute atomic E-state index is 0.0489. The van der Waals surface area contributed by atoms with Crippen molar-refractivity contribution >= 4 is 27.6 Å². The highest BCUT2D eigenvalue weighted by molar-refractivity contribution is 7.89. The van der Waals surface area contributed by atoms with Crippen molar-refractivity contribution in [3.8, 4) is 0 Å². The SMILES string of the molecule is Cc1cccc(C)c1NC(=O)[C@H](C)OC(=O)CCNS(=O)(=O)c1c(C)noc1C. The maximum atomic E-state index is 12.3. The number of benzene rings is 1. The summed E-state index contributed by atoms with van der Waals surface area (Å²) in [6, 6.07) is 5.61. The lowest BCUT2D eigenvalue weighted by Gasteiger charge is -2.16. The van der Waals surface area contributed by atoms with Crippen molar-refractivity contribution < 1.29 is 27.3 Å². The molecule has 0 aliphatic rings. The summed E-state index contributed by atoms with van der Waals surface area (Å²) in [4.78, 5) is 24.2. The van der Waals surface area contributed by atoms with Crippen LogP contribution in [0.25, 0.3) is 0 Å². The number of ether oxygens (including phenoxy) is 1. The Morgan fingerprint density at radius 3 is 2.34 bits per heavy atom. The number of nitrogens with one attached hydrogen (secondary N) is 2. The van der Waals surface area contributed by atoms with Gasteiger partial charge in [-0.1, -0.05) is 23.4 Å². The third-order valence-corrected chi connectivity index (χ3v) is 5.97. The molecule has 1 heterocycles. The summed E-state index contributed by atoms with van der Waals surface area (Å²) in [5.41, 5.74) is 2.69. The lowest BCUT2D eigenvalue weighted by Crippen LogP contribution is -2.32. The zero-order chi connectivity index (χ0) is 21.8. The van der Waals surface area contributed by atoms with Gasteiger partial charge in [0.15, 0.2) is 11.9 Å². The molecular formula is C19H25N3O6S. The first kappa shape index (κ1) is 22.6. The molecule has 0 aliphatic heterocycles. The van der Waals surface area contributed by atoms with Crippen LogP contribution >= 0.6 is 0 Å². The lowest BCUT2D eigenvalue weighted by molar-refractivity contribution is -0.152. The van der Waals surface area contributed by atoms with Crippen LogP contribution in [0, 0.1) is 27.7 Å². The average molecular weight is 423 g/mol. The third kappa shape index (κ3) is 5.64. The fraction of sp³-hybridized carbons (Fsp3) is 0.421. The number of aryl methyl sites for hydroxylation is 4. The molecule has 1 amide bonds. The Kier molecular flexibility index (Phi) is 7.15. The molecule has 0 bridgehead atoms. The largest absolute Gasteiger partial charge is 0.452 e. The maximum Gasteiger partial charge on any atom is 0.307 e. The number of hydrogen-bond donors (Lipinski definition) is 2. The van der Waals surface area contributed by atoms with Crippen LogP contribution in [0.3, 0.4) is 0 Å². The van der Waals surface area contributed by atoms with Gasteiger partial charge in [-0.3, -0.25) is 9.59 Å². The topological polar surface area (TPSA) is 128 Å². The molecule has 0 spiro atoms. The van der Waals surface area contributed by atoms with Crippen molar-refractivity contribution in [3.63, 3.8) is 0 Å². The summed E-state index contributed by atoms with van der Waals surface area (Å²) in [5, 5.41) is 6.35. The van der Waals surface area contributed by atoms with Crippen LogP contribution in [-0.4, -0.2) is 38.1 Å². The van der Waals surface area contributed by atoms with Gasteiger partial charge in [-0.05, 0) is 45.7 Å². The second-order valence-corrected chi connectivity index (χ2v) is 8.39. The van der Waals surface area contributed by atoms with E-state index < -0.39 is 28.0 Å². The molecule has 2 aromatic rings. The molecule has 2 rings (SSSR count). The molecule has 0 fully saturated rings. The third-order valence-electron chi connectivity index (χ3n) is 4.26. The Bertz CT molecular complexity index is 973. The summed E-state index contributed by atoms with van der Waals surface area (Å²) in [5.74, 6) is -1.00. The Labute approximate surface area is 169 Å². The van der Waals surface area contributed by atoms with Crippen LogP contribution in [0.2, 0.25) is 0 Å². The van der Waals surface area contributed by atoms with Crippen molar-refractivity contribution in [2.45, 2.75) is 52.0 Å². The molecule has 9 nitrogen and oxygen atoms in total. The van der Waals surface area contributed by atoms with E-state index in [9.17, 15) is 18.0 Å². The van der Waals surface area contributed by atoms with Gasteiger partial charge in [-0.2, -0.15) is 0 Å². The summed E-state index contributed by atoms with van der Waals surface area (Å²) >= 11 is 0. The zero-order valence-corrected chi connectivity index (χ0v) is 17.8. The van der Waals surface area contributed by atoms with E-state index in [4.69, 9.17) is 9.26 Å². The number of aromatic nitrogens is 1. The molecule has 10 heteroatoms. The molecular weight excluding hydrogens is 398 g/mol. The van der Waals surface area contributed by atoms with E-state index in [2.05, 4.69) is 15.2 Å². The van der Waals surface area contributed by atoms with Crippen molar-refractivity contribution in [1.29, 1.82) is 0 Å². The molecule has 0 unspecified atom stereocenters. The Morgan fingerprint density at radius 1 is 1.17 bits per heavy atom. The minimum atomic E-state index is -3.86. The molecule has 2 N–H and O–H groups in total. The lowest BCUT2D eigenvalue weighted by atomic mass is 10.1. The van der Waals surface area contributed by atoms with Crippen LogP contribution in [0.5, 0.6) is 0 Å². The van der Waals surface area contributed by atoms with Gasteiger partial charge in [-0.25, -0.2) is 13.1 Å². The Morgan fingerprint density at radius 2 is 1.79 bits per heavy atom. The zero-order valence-electron chi connectivity index (χ0n) is 17.0. The second-order valence-electron chi connectivity index (χ2n) is 6.69. The molecule has 1 aromatic carbocycles. The quantitative estimate of drug-likeness (QED) is 0.623. The second kappa shape index (κ2) is 9.19. The van der Waals surface area contributed by atoms with E-state index in [0.717, 1.165) is 11.1 Å². The van der Waals surface area contributed by atoms with Gasteiger partial charge in [0.25, 0.3) is 5.91 Å². The number of rotatable bonds is 8.